The number of aliphatic hydroxyl groups excluding tert-OH is 1. The number of aliphatic hydroxyl groups is 1. The molecule has 0 aromatic rings. The largest absolute Gasteiger partial charge is 0.395 e. The summed E-state index contributed by atoms with van der Waals surface area (Å²) in [5, 5.41) is 8.78. The Morgan fingerprint density at radius 2 is 2.12 bits per heavy atom. The fourth-order valence-electron chi connectivity index (χ4n) is 2.41. The molecule has 5 heteroatoms. The molecule has 16 heavy (non-hydrogen) atoms. The molecule has 0 aliphatic carbocycles. The van der Waals surface area contributed by atoms with Crippen LogP contribution in [-0.2, 0) is 4.74 Å². The third kappa shape index (κ3) is 2.01. The first-order chi connectivity index (χ1) is 7.59. The number of rotatable bonds is 2. The normalized spacial score (nSPS) is 26.9. The number of likely N-dealkylation sites (tertiary alicyclic amines) is 1. The second kappa shape index (κ2) is 4.22. The maximum atomic E-state index is 11.9. The summed E-state index contributed by atoms with van der Waals surface area (Å²) in [5.41, 5.74) is 0.0757. The predicted molar refractivity (Wildman–Crippen MR) is 59.2 cm³/mol. The number of carbonyl (C=O) groups excluding carboxylic acids is 1. The summed E-state index contributed by atoms with van der Waals surface area (Å²) in [6.45, 7) is 4.03. The average Bonchev–Trinajstić information content (AvgIpc) is 2.89. The lowest BCUT2D eigenvalue weighted by Gasteiger charge is -2.33. The van der Waals surface area contributed by atoms with Crippen LogP contribution in [0.4, 0.5) is 4.79 Å². The van der Waals surface area contributed by atoms with E-state index >= 15 is 0 Å². The predicted octanol–water partition coefficient (Wildman–Crippen LogP) is 0.284. The topological polar surface area (TPSA) is 56.3 Å². The quantitative estimate of drug-likeness (QED) is 0.691. The Bertz CT molecular complexity index is 274. The van der Waals surface area contributed by atoms with Crippen molar-refractivity contribution in [1.82, 2.24) is 9.80 Å². The minimum absolute atomic E-state index is 0.0113. The van der Waals surface area contributed by atoms with Crippen molar-refractivity contribution in [3.8, 4) is 0 Å². The Labute approximate surface area is 96.0 Å². The van der Waals surface area contributed by atoms with Gasteiger partial charge in [-0.05, 0) is 19.8 Å². The van der Waals surface area contributed by atoms with E-state index in [1.165, 1.54) is 0 Å². The molecule has 92 valence electrons. The Morgan fingerprint density at radius 3 is 2.56 bits per heavy atom. The monoisotopic (exact) mass is 228 g/mol. The summed E-state index contributed by atoms with van der Waals surface area (Å²) in [6, 6.07) is 0.0113. The second-order valence-electron chi connectivity index (χ2n) is 4.74. The van der Waals surface area contributed by atoms with Crippen molar-refractivity contribution < 1.29 is 14.6 Å². The number of carbonyl (C=O) groups is 1. The molecule has 1 atom stereocenters. The number of epoxide rings is 1. The highest BCUT2D eigenvalue weighted by Crippen LogP contribution is 2.44. The molecule has 0 bridgehead atoms. The van der Waals surface area contributed by atoms with Crippen LogP contribution in [0.25, 0.3) is 0 Å². The molecule has 1 spiro atoms. The summed E-state index contributed by atoms with van der Waals surface area (Å²) in [6.07, 6.45) is 2.24. The van der Waals surface area contributed by atoms with Gasteiger partial charge >= 0.3 is 6.03 Å². The van der Waals surface area contributed by atoms with Gasteiger partial charge in [-0.15, -0.1) is 0 Å². The molecule has 2 saturated heterocycles. The van der Waals surface area contributed by atoms with E-state index in [0.29, 0.717) is 12.6 Å². The van der Waals surface area contributed by atoms with Crippen LogP contribution in [0.2, 0.25) is 0 Å². The van der Waals surface area contributed by atoms with Gasteiger partial charge in [0.05, 0.1) is 18.3 Å². The van der Waals surface area contributed by atoms with E-state index in [9.17, 15) is 4.79 Å². The minimum atomic E-state index is 0.0113. The molecule has 2 amide bonds. The first-order valence-corrected chi connectivity index (χ1v) is 5.88. The highest BCUT2D eigenvalue weighted by molar-refractivity contribution is 5.74. The molecular weight excluding hydrogens is 208 g/mol. The van der Waals surface area contributed by atoms with Gasteiger partial charge in [-0.2, -0.15) is 0 Å². The fraction of sp³-hybridized carbons (Fsp3) is 0.909. The van der Waals surface area contributed by atoms with Gasteiger partial charge in [-0.25, -0.2) is 4.79 Å². The number of urea groups is 1. The van der Waals surface area contributed by atoms with Crippen LogP contribution >= 0.6 is 0 Å². The third-order valence-electron chi connectivity index (χ3n) is 3.74. The van der Waals surface area contributed by atoms with Crippen LogP contribution in [-0.4, -0.2) is 65.9 Å². The Balaban J connectivity index is 1.82. The number of hydrogen-bond donors (Lipinski definition) is 1. The van der Waals surface area contributed by atoms with Gasteiger partial charge in [0.15, 0.2) is 0 Å². The standard InChI is InChI=1S/C11H20N2O3/c1-9-11(16-9)3-5-13(6-4-11)10(15)12(2)7-8-14/h9,14H,3-8H2,1-2H3. The zero-order valence-electron chi connectivity index (χ0n) is 9.98. The lowest BCUT2D eigenvalue weighted by atomic mass is 9.94. The van der Waals surface area contributed by atoms with Crippen molar-refractivity contribution in [3.05, 3.63) is 0 Å². The van der Waals surface area contributed by atoms with E-state index in [-0.39, 0.29) is 18.2 Å². The lowest BCUT2D eigenvalue weighted by Crippen LogP contribution is -2.48. The van der Waals surface area contributed by atoms with Crippen molar-refractivity contribution in [2.24, 2.45) is 0 Å². The van der Waals surface area contributed by atoms with Gasteiger partial charge in [-0.3, -0.25) is 0 Å². The van der Waals surface area contributed by atoms with Crippen molar-refractivity contribution >= 4 is 6.03 Å². The van der Waals surface area contributed by atoms with Crippen LogP contribution in [0.5, 0.6) is 0 Å². The van der Waals surface area contributed by atoms with E-state index in [1.807, 2.05) is 4.90 Å². The number of nitrogens with zero attached hydrogens (tertiary/aromatic N) is 2. The van der Waals surface area contributed by atoms with E-state index in [4.69, 9.17) is 9.84 Å². The molecule has 2 fully saturated rings. The Hall–Kier alpha value is -0.810. The fourth-order valence-corrected chi connectivity index (χ4v) is 2.41. The van der Waals surface area contributed by atoms with E-state index in [0.717, 1.165) is 25.9 Å². The van der Waals surface area contributed by atoms with Gasteiger partial charge in [0.25, 0.3) is 0 Å². The number of hydrogen-bond acceptors (Lipinski definition) is 3. The van der Waals surface area contributed by atoms with Gasteiger partial charge in [0.1, 0.15) is 0 Å². The first kappa shape index (κ1) is 11.7. The maximum Gasteiger partial charge on any atom is 0.319 e. The van der Waals surface area contributed by atoms with Crippen molar-refractivity contribution in [3.63, 3.8) is 0 Å². The van der Waals surface area contributed by atoms with Crippen LogP contribution in [0.3, 0.4) is 0 Å². The number of ether oxygens (including phenoxy) is 1. The zero-order chi connectivity index (χ0) is 11.8. The summed E-state index contributed by atoms with van der Waals surface area (Å²) in [5.74, 6) is 0. The van der Waals surface area contributed by atoms with Crippen LogP contribution in [0.1, 0.15) is 19.8 Å². The molecule has 5 nitrogen and oxygen atoms in total. The molecule has 1 N–H and O–H groups in total. The molecule has 2 aliphatic heterocycles. The van der Waals surface area contributed by atoms with Gasteiger partial charge in [0.2, 0.25) is 0 Å². The number of piperidine rings is 1. The first-order valence-electron chi connectivity index (χ1n) is 5.88. The van der Waals surface area contributed by atoms with Crippen molar-refractivity contribution in [2.45, 2.75) is 31.5 Å². The lowest BCUT2D eigenvalue weighted by molar-refractivity contribution is 0.120. The van der Waals surface area contributed by atoms with Crippen molar-refractivity contribution in [2.75, 3.05) is 33.3 Å². The minimum Gasteiger partial charge on any atom is -0.395 e. The molecule has 0 saturated carbocycles. The smallest absolute Gasteiger partial charge is 0.319 e. The summed E-state index contributed by atoms with van der Waals surface area (Å²) < 4.78 is 5.59. The number of likely N-dealkylation sites (N-methyl/N-ethyl adjacent to an activating group) is 1. The molecule has 2 rings (SSSR count). The Kier molecular flexibility index (Phi) is 3.08. The molecular formula is C11H20N2O3. The molecule has 1 unspecified atom stereocenters. The average molecular weight is 228 g/mol. The second-order valence-corrected chi connectivity index (χ2v) is 4.74. The highest BCUT2D eigenvalue weighted by Gasteiger charge is 2.54. The van der Waals surface area contributed by atoms with Gasteiger partial charge in [0, 0.05) is 26.7 Å². The molecule has 0 radical (unpaired) electrons. The summed E-state index contributed by atoms with van der Waals surface area (Å²) in [4.78, 5) is 15.3. The van der Waals surface area contributed by atoms with Crippen molar-refractivity contribution in [1.29, 1.82) is 0 Å². The van der Waals surface area contributed by atoms with E-state index < -0.39 is 0 Å². The molecule has 0 aromatic heterocycles. The van der Waals surface area contributed by atoms with E-state index in [2.05, 4.69) is 6.92 Å². The SMILES string of the molecule is CC1OC12CCN(C(=O)N(C)CCO)CC2. The van der Waals surface area contributed by atoms with E-state index in [1.54, 1.807) is 11.9 Å². The Morgan fingerprint density at radius 1 is 1.56 bits per heavy atom. The van der Waals surface area contributed by atoms with Crippen LogP contribution < -0.4 is 0 Å². The zero-order valence-corrected chi connectivity index (χ0v) is 9.98. The molecule has 2 heterocycles. The molecule has 0 aromatic carbocycles. The summed E-state index contributed by atoms with van der Waals surface area (Å²) in [7, 11) is 1.72. The maximum absolute atomic E-state index is 11.9. The highest BCUT2D eigenvalue weighted by atomic mass is 16.6. The van der Waals surface area contributed by atoms with Gasteiger partial charge < -0.3 is 19.6 Å². The van der Waals surface area contributed by atoms with Crippen LogP contribution in [0.15, 0.2) is 0 Å². The summed E-state index contributed by atoms with van der Waals surface area (Å²) >= 11 is 0. The third-order valence-corrected chi connectivity index (χ3v) is 3.74. The molecule has 2 aliphatic rings. The van der Waals surface area contributed by atoms with Gasteiger partial charge in [-0.1, -0.05) is 0 Å². The number of amides is 2. The van der Waals surface area contributed by atoms with Crippen LogP contribution in [0, 0.1) is 0 Å².